The number of unbranched alkanes of at least 4 members (excludes halogenated alkanes) is 12. The van der Waals surface area contributed by atoms with Gasteiger partial charge in [-0.15, -0.1) is 11.3 Å². The maximum absolute atomic E-state index is 12.7. The maximum atomic E-state index is 12.7. The average Bonchev–Trinajstić information content (AvgIpc) is 3.64. The fourth-order valence-corrected chi connectivity index (χ4v) is 7.73. The Morgan fingerprint density at radius 2 is 1.38 bits per heavy atom. The Morgan fingerprint density at radius 1 is 0.740 bits per heavy atom. The first-order chi connectivity index (χ1) is 24.5. The quantitative estimate of drug-likeness (QED) is 0.0523. The Bertz CT molecular complexity index is 1220. The third kappa shape index (κ3) is 17.5. The second-order valence-electron chi connectivity index (χ2n) is 14.2. The number of hydrogen-bond donors (Lipinski definition) is 2. The fourth-order valence-electron chi connectivity index (χ4n) is 7.03. The van der Waals surface area contributed by atoms with Crippen molar-refractivity contribution in [1.82, 2.24) is 15.5 Å². The standard InChI is InChI=1S/C42H67N3O4S/c1-3-5-29-43-40(46)23-16-14-12-10-8-6-7-9-11-13-15-17-24-41(47)44-30-27-42(48)49-39-22-18-20-35-34-36(25-26-38(35)39)45(31-4-2)32-28-37-21-19-33-50-37/h18-22,33,36H,3-17,23-32,34H2,1-2H3,(H,43,46)(H,44,47)/t36-/m1/s1. The number of benzene rings is 1. The maximum Gasteiger partial charge on any atom is 0.312 e. The van der Waals surface area contributed by atoms with E-state index in [-0.39, 0.29) is 24.2 Å². The molecular formula is C42H67N3O4S. The second-order valence-corrected chi connectivity index (χ2v) is 15.2. The number of nitrogens with zero attached hydrogens (tertiary/aromatic N) is 1. The van der Waals surface area contributed by atoms with Crippen molar-refractivity contribution in [3.05, 3.63) is 51.7 Å². The minimum absolute atomic E-state index is 0.0220. The Labute approximate surface area is 307 Å². The lowest BCUT2D eigenvalue weighted by molar-refractivity contribution is -0.134. The molecule has 2 amide bonds. The molecule has 1 aromatic heterocycles. The Balaban J connectivity index is 1.17. The highest BCUT2D eigenvalue weighted by molar-refractivity contribution is 7.09. The lowest BCUT2D eigenvalue weighted by Crippen LogP contribution is -2.41. The van der Waals surface area contributed by atoms with Crippen LogP contribution in [0.25, 0.3) is 0 Å². The number of carbonyl (C=O) groups is 3. The van der Waals surface area contributed by atoms with Gasteiger partial charge in [0.15, 0.2) is 0 Å². The lowest BCUT2D eigenvalue weighted by atomic mass is 9.86. The Morgan fingerprint density at radius 3 is 1.98 bits per heavy atom. The van der Waals surface area contributed by atoms with Gasteiger partial charge in [-0.25, -0.2) is 0 Å². The average molecular weight is 710 g/mol. The first-order valence-corrected chi connectivity index (χ1v) is 21.0. The topological polar surface area (TPSA) is 87.7 Å². The molecule has 7 nitrogen and oxygen atoms in total. The zero-order chi connectivity index (χ0) is 35.7. The van der Waals surface area contributed by atoms with Crippen molar-refractivity contribution in [1.29, 1.82) is 0 Å². The van der Waals surface area contributed by atoms with Crippen LogP contribution in [-0.4, -0.2) is 54.9 Å². The third-order valence-electron chi connectivity index (χ3n) is 9.95. The first kappa shape index (κ1) is 41.7. The molecule has 3 rings (SSSR count). The number of rotatable bonds is 28. The minimum Gasteiger partial charge on any atom is -0.426 e. The molecule has 0 unspecified atom stereocenters. The number of ether oxygens (including phenoxy) is 1. The van der Waals surface area contributed by atoms with Crippen molar-refractivity contribution in [2.24, 2.45) is 0 Å². The molecule has 1 aliphatic carbocycles. The molecular weight excluding hydrogens is 643 g/mol. The molecule has 1 aromatic carbocycles. The van der Waals surface area contributed by atoms with E-state index in [4.69, 9.17) is 4.74 Å². The lowest BCUT2D eigenvalue weighted by Gasteiger charge is -2.35. The number of fused-ring (bicyclic) bond motifs is 1. The number of carbonyl (C=O) groups excluding carboxylic acids is 3. The molecule has 1 aliphatic rings. The smallest absolute Gasteiger partial charge is 0.312 e. The van der Waals surface area contributed by atoms with Gasteiger partial charge in [0.25, 0.3) is 0 Å². The zero-order valence-electron chi connectivity index (χ0n) is 31.4. The van der Waals surface area contributed by atoms with Crippen LogP contribution >= 0.6 is 11.3 Å². The zero-order valence-corrected chi connectivity index (χ0v) is 32.2. The monoisotopic (exact) mass is 709 g/mol. The van der Waals surface area contributed by atoms with Crippen LogP contribution in [0.3, 0.4) is 0 Å². The molecule has 280 valence electrons. The van der Waals surface area contributed by atoms with Crippen LogP contribution in [0.4, 0.5) is 0 Å². The van der Waals surface area contributed by atoms with E-state index in [1.165, 1.54) is 67.4 Å². The highest BCUT2D eigenvalue weighted by atomic mass is 32.1. The molecule has 1 heterocycles. The summed E-state index contributed by atoms with van der Waals surface area (Å²) in [6.07, 6.45) is 23.0. The summed E-state index contributed by atoms with van der Waals surface area (Å²) < 4.78 is 5.82. The van der Waals surface area contributed by atoms with Crippen LogP contribution in [0, 0.1) is 0 Å². The predicted molar refractivity (Wildman–Crippen MR) is 208 cm³/mol. The summed E-state index contributed by atoms with van der Waals surface area (Å²) in [6, 6.07) is 11.0. The predicted octanol–water partition coefficient (Wildman–Crippen LogP) is 9.35. The number of amides is 2. The first-order valence-electron chi connectivity index (χ1n) is 20.1. The van der Waals surface area contributed by atoms with Crippen LogP contribution in [0.5, 0.6) is 5.75 Å². The normalized spacial score (nSPS) is 14.0. The number of hydrogen-bond acceptors (Lipinski definition) is 6. The largest absolute Gasteiger partial charge is 0.426 e. The van der Waals surface area contributed by atoms with Gasteiger partial charge in [0, 0.05) is 43.4 Å². The Hall–Kier alpha value is -2.71. The van der Waals surface area contributed by atoms with Gasteiger partial charge in [-0.2, -0.15) is 0 Å². The summed E-state index contributed by atoms with van der Waals surface area (Å²) in [5.41, 5.74) is 2.46. The SMILES string of the molecule is CCCCNC(=O)CCCCCCCCCCCCCCC(=O)NCCC(=O)Oc1cccc2c1CC[C@@H](N(CCC)CCc1cccs1)C2. The fraction of sp³-hybridized carbons (Fsp3) is 0.690. The molecule has 2 N–H and O–H groups in total. The summed E-state index contributed by atoms with van der Waals surface area (Å²) >= 11 is 1.84. The molecule has 0 spiro atoms. The van der Waals surface area contributed by atoms with E-state index >= 15 is 0 Å². The Kier molecular flexibility index (Phi) is 21.8. The highest BCUT2D eigenvalue weighted by Gasteiger charge is 2.26. The summed E-state index contributed by atoms with van der Waals surface area (Å²) in [5.74, 6) is 0.635. The molecule has 0 radical (unpaired) electrons. The van der Waals surface area contributed by atoms with Gasteiger partial charge in [-0.3, -0.25) is 19.3 Å². The van der Waals surface area contributed by atoms with Crippen LogP contribution in [-0.2, 0) is 33.6 Å². The number of thiophene rings is 1. The molecule has 0 fully saturated rings. The van der Waals surface area contributed by atoms with Crippen molar-refractivity contribution in [2.45, 2.75) is 161 Å². The van der Waals surface area contributed by atoms with Gasteiger partial charge in [0.05, 0.1) is 6.42 Å². The molecule has 2 aromatic rings. The van der Waals surface area contributed by atoms with Gasteiger partial charge in [-0.05, 0) is 86.6 Å². The molecule has 50 heavy (non-hydrogen) atoms. The van der Waals surface area contributed by atoms with Crippen molar-refractivity contribution in [3.8, 4) is 5.75 Å². The van der Waals surface area contributed by atoms with E-state index in [9.17, 15) is 14.4 Å². The van der Waals surface area contributed by atoms with Gasteiger partial charge >= 0.3 is 5.97 Å². The van der Waals surface area contributed by atoms with Crippen molar-refractivity contribution in [2.75, 3.05) is 26.2 Å². The van der Waals surface area contributed by atoms with E-state index in [0.29, 0.717) is 31.2 Å². The van der Waals surface area contributed by atoms with Crippen LogP contribution in [0.1, 0.15) is 152 Å². The molecule has 1 atom stereocenters. The molecule has 0 saturated carbocycles. The van der Waals surface area contributed by atoms with Gasteiger partial charge in [0.2, 0.25) is 11.8 Å². The summed E-state index contributed by atoms with van der Waals surface area (Å²) in [4.78, 5) is 40.8. The minimum atomic E-state index is -0.286. The summed E-state index contributed by atoms with van der Waals surface area (Å²) in [7, 11) is 0. The number of esters is 1. The van der Waals surface area contributed by atoms with Crippen LogP contribution < -0.4 is 15.4 Å². The third-order valence-corrected chi connectivity index (χ3v) is 10.9. The van der Waals surface area contributed by atoms with Gasteiger partial charge in [-0.1, -0.05) is 103 Å². The van der Waals surface area contributed by atoms with Gasteiger partial charge in [0.1, 0.15) is 5.75 Å². The highest BCUT2D eigenvalue weighted by Crippen LogP contribution is 2.32. The number of nitrogens with one attached hydrogen (secondary N) is 2. The molecule has 0 aliphatic heterocycles. The summed E-state index contributed by atoms with van der Waals surface area (Å²) in [6.45, 7) is 7.72. The molecule has 0 saturated heterocycles. The molecule has 0 bridgehead atoms. The second kappa shape index (κ2) is 26.1. The van der Waals surface area contributed by atoms with Crippen molar-refractivity contribution < 1.29 is 19.1 Å². The van der Waals surface area contributed by atoms with Gasteiger partial charge < -0.3 is 15.4 Å². The van der Waals surface area contributed by atoms with Crippen LogP contribution in [0.15, 0.2) is 35.7 Å². The molecule has 8 heteroatoms. The van der Waals surface area contributed by atoms with E-state index in [0.717, 1.165) is 90.3 Å². The van der Waals surface area contributed by atoms with Crippen molar-refractivity contribution in [3.63, 3.8) is 0 Å². The van der Waals surface area contributed by atoms with E-state index in [2.05, 4.69) is 53.0 Å². The van der Waals surface area contributed by atoms with Crippen molar-refractivity contribution >= 4 is 29.1 Å². The van der Waals surface area contributed by atoms with E-state index in [1.807, 2.05) is 23.5 Å². The summed E-state index contributed by atoms with van der Waals surface area (Å²) in [5, 5.41) is 8.06. The van der Waals surface area contributed by atoms with Crippen LogP contribution in [0.2, 0.25) is 0 Å². The van der Waals surface area contributed by atoms with E-state index in [1.54, 1.807) is 0 Å². The van der Waals surface area contributed by atoms with E-state index < -0.39 is 0 Å².